The molecule has 1 aliphatic carbocycles. The Morgan fingerprint density at radius 3 is 2.81 bits per heavy atom. The normalized spacial score (nSPS) is 18.6. The minimum absolute atomic E-state index is 0.136. The minimum Gasteiger partial charge on any atom is -0.385 e. The second kappa shape index (κ2) is 10.2. The summed E-state index contributed by atoms with van der Waals surface area (Å²) in [6.45, 7) is 5.06. The van der Waals surface area contributed by atoms with Crippen LogP contribution in [0.2, 0.25) is 0 Å². The third kappa shape index (κ3) is 5.61. The molecule has 1 aromatic carbocycles. The molecule has 3 N–H and O–H groups in total. The lowest BCUT2D eigenvalue weighted by Gasteiger charge is -2.26. The molecule has 7 heteroatoms. The molecular formula is C24H32N4O3. The number of hydrogen-bond acceptors (Lipinski definition) is 6. The number of morpholine rings is 1. The second-order valence-electron chi connectivity index (χ2n) is 8.43. The van der Waals surface area contributed by atoms with E-state index in [2.05, 4.69) is 20.5 Å². The van der Waals surface area contributed by atoms with Crippen LogP contribution >= 0.6 is 0 Å². The number of benzene rings is 1. The molecule has 1 saturated heterocycles. The SMILES string of the molecule is O=C(NCCCN1CCOCC1)c1cnccc1Nc1cccc(C2(O)CCCC2)c1. The maximum atomic E-state index is 12.8. The number of hydrogen-bond donors (Lipinski definition) is 3. The number of rotatable bonds is 8. The molecule has 1 aliphatic heterocycles. The molecule has 1 saturated carbocycles. The van der Waals surface area contributed by atoms with Crippen molar-refractivity contribution in [2.45, 2.75) is 37.7 Å². The molecule has 31 heavy (non-hydrogen) atoms. The Morgan fingerprint density at radius 1 is 1.19 bits per heavy atom. The largest absolute Gasteiger partial charge is 0.385 e. The summed E-state index contributed by atoms with van der Waals surface area (Å²) in [7, 11) is 0. The number of anilines is 2. The molecule has 1 amide bonds. The van der Waals surface area contributed by atoms with Gasteiger partial charge in [-0.05, 0) is 49.6 Å². The molecule has 0 radical (unpaired) electrons. The summed E-state index contributed by atoms with van der Waals surface area (Å²) in [5, 5.41) is 17.3. The van der Waals surface area contributed by atoms with Crippen molar-refractivity contribution in [3.8, 4) is 0 Å². The van der Waals surface area contributed by atoms with Crippen molar-refractivity contribution in [1.82, 2.24) is 15.2 Å². The molecule has 0 spiro atoms. The smallest absolute Gasteiger partial charge is 0.254 e. The van der Waals surface area contributed by atoms with Gasteiger partial charge < -0.3 is 20.5 Å². The molecule has 2 fully saturated rings. The van der Waals surface area contributed by atoms with Gasteiger partial charge in [0.05, 0.1) is 30.1 Å². The van der Waals surface area contributed by atoms with Gasteiger partial charge in [-0.1, -0.05) is 25.0 Å². The minimum atomic E-state index is -0.739. The first-order valence-electron chi connectivity index (χ1n) is 11.3. The molecule has 0 atom stereocenters. The van der Waals surface area contributed by atoms with Gasteiger partial charge in [-0.15, -0.1) is 0 Å². The predicted molar refractivity (Wildman–Crippen MR) is 121 cm³/mol. The van der Waals surface area contributed by atoms with Crippen LogP contribution in [0, 0.1) is 0 Å². The van der Waals surface area contributed by atoms with Gasteiger partial charge in [-0.2, -0.15) is 0 Å². The Kier molecular flexibility index (Phi) is 7.17. The van der Waals surface area contributed by atoms with Crippen LogP contribution in [-0.4, -0.2) is 60.3 Å². The number of aromatic nitrogens is 1. The van der Waals surface area contributed by atoms with Crippen molar-refractivity contribution in [3.63, 3.8) is 0 Å². The number of amides is 1. The Hall–Kier alpha value is -2.48. The van der Waals surface area contributed by atoms with E-state index >= 15 is 0 Å². The van der Waals surface area contributed by atoms with Crippen LogP contribution in [0.15, 0.2) is 42.7 Å². The van der Waals surface area contributed by atoms with Crippen molar-refractivity contribution >= 4 is 17.3 Å². The average Bonchev–Trinajstić information content (AvgIpc) is 3.26. The summed E-state index contributed by atoms with van der Waals surface area (Å²) in [5.74, 6) is -0.136. The maximum Gasteiger partial charge on any atom is 0.254 e. The highest BCUT2D eigenvalue weighted by molar-refractivity contribution is 5.99. The molecular weight excluding hydrogens is 392 g/mol. The fraction of sp³-hybridized carbons (Fsp3) is 0.500. The number of aliphatic hydroxyl groups is 1. The van der Waals surface area contributed by atoms with Gasteiger partial charge in [0.25, 0.3) is 5.91 Å². The van der Waals surface area contributed by atoms with Crippen LogP contribution in [0.5, 0.6) is 0 Å². The topological polar surface area (TPSA) is 86.7 Å². The van der Waals surface area contributed by atoms with E-state index in [0.29, 0.717) is 17.8 Å². The Morgan fingerprint density at radius 2 is 2.00 bits per heavy atom. The molecule has 2 aliphatic rings. The quantitative estimate of drug-likeness (QED) is 0.565. The number of carbonyl (C=O) groups is 1. The van der Waals surface area contributed by atoms with Crippen molar-refractivity contribution in [1.29, 1.82) is 0 Å². The van der Waals surface area contributed by atoms with Gasteiger partial charge >= 0.3 is 0 Å². The van der Waals surface area contributed by atoms with Crippen molar-refractivity contribution < 1.29 is 14.6 Å². The lowest BCUT2D eigenvalue weighted by molar-refractivity contribution is 0.0374. The number of nitrogens with one attached hydrogen (secondary N) is 2. The van der Waals surface area contributed by atoms with E-state index in [0.717, 1.165) is 76.2 Å². The first kappa shape index (κ1) is 21.7. The molecule has 2 heterocycles. The number of pyridine rings is 1. The van der Waals surface area contributed by atoms with Crippen LogP contribution in [-0.2, 0) is 10.3 Å². The van der Waals surface area contributed by atoms with Crippen LogP contribution in [0.25, 0.3) is 0 Å². The Bertz CT molecular complexity index is 877. The fourth-order valence-corrected chi connectivity index (χ4v) is 4.40. The molecule has 0 unspecified atom stereocenters. The van der Waals surface area contributed by atoms with E-state index < -0.39 is 5.60 Å². The fourth-order valence-electron chi connectivity index (χ4n) is 4.40. The van der Waals surface area contributed by atoms with E-state index in [1.165, 1.54) is 0 Å². The highest BCUT2D eigenvalue weighted by Crippen LogP contribution is 2.39. The summed E-state index contributed by atoms with van der Waals surface area (Å²) >= 11 is 0. The lowest BCUT2D eigenvalue weighted by atomic mass is 9.92. The second-order valence-corrected chi connectivity index (χ2v) is 8.43. The van der Waals surface area contributed by atoms with Gasteiger partial charge in [0.15, 0.2) is 0 Å². The summed E-state index contributed by atoms with van der Waals surface area (Å²) in [5.41, 5.74) is 2.26. The number of nitrogens with zero attached hydrogens (tertiary/aromatic N) is 2. The van der Waals surface area contributed by atoms with Gasteiger partial charge in [0.2, 0.25) is 0 Å². The van der Waals surface area contributed by atoms with Crippen LogP contribution < -0.4 is 10.6 Å². The van der Waals surface area contributed by atoms with Crippen molar-refractivity contribution in [3.05, 3.63) is 53.9 Å². The molecule has 4 rings (SSSR count). The maximum absolute atomic E-state index is 12.8. The number of carbonyl (C=O) groups excluding carboxylic acids is 1. The highest BCUT2D eigenvalue weighted by atomic mass is 16.5. The molecule has 1 aromatic heterocycles. The van der Waals surface area contributed by atoms with E-state index in [4.69, 9.17) is 4.74 Å². The molecule has 0 bridgehead atoms. The highest BCUT2D eigenvalue weighted by Gasteiger charge is 2.33. The number of ether oxygens (including phenoxy) is 1. The van der Waals surface area contributed by atoms with E-state index in [1.807, 2.05) is 24.3 Å². The van der Waals surface area contributed by atoms with E-state index in [9.17, 15) is 9.90 Å². The molecule has 2 aromatic rings. The van der Waals surface area contributed by atoms with Gasteiger partial charge in [-0.3, -0.25) is 14.7 Å². The summed E-state index contributed by atoms with van der Waals surface area (Å²) in [6, 6.07) is 9.66. The zero-order valence-electron chi connectivity index (χ0n) is 18.0. The monoisotopic (exact) mass is 424 g/mol. The van der Waals surface area contributed by atoms with Crippen molar-refractivity contribution in [2.75, 3.05) is 44.7 Å². The van der Waals surface area contributed by atoms with Gasteiger partial charge in [0, 0.05) is 37.7 Å². The predicted octanol–water partition coefficient (Wildman–Crippen LogP) is 3.04. The standard InChI is InChI=1S/C24H32N4O3/c29-23(26-10-4-12-28-13-15-31-16-14-28)21-18-25-11-7-22(21)27-20-6-3-5-19(17-20)24(30)8-1-2-9-24/h3,5-7,11,17-18,30H,1-2,4,8-10,12-16H2,(H,25,27)(H,26,29). The van der Waals surface area contributed by atoms with Gasteiger partial charge in [-0.25, -0.2) is 0 Å². The zero-order valence-corrected chi connectivity index (χ0v) is 18.0. The third-order valence-electron chi connectivity index (χ3n) is 6.22. The van der Waals surface area contributed by atoms with Gasteiger partial charge in [0.1, 0.15) is 0 Å². The lowest BCUT2D eigenvalue weighted by Crippen LogP contribution is -2.38. The van der Waals surface area contributed by atoms with Crippen LogP contribution in [0.4, 0.5) is 11.4 Å². The first-order chi connectivity index (χ1) is 15.1. The summed E-state index contributed by atoms with van der Waals surface area (Å²) in [6.07, 6.45) is 7.85. The Balaban J connectivity index is 1.36. The summed E-state index contributed by atoms with van der Waals surface area (Å²) < 4.78 is 5.37. The Labute approximate surface area is 183 Å². The summed E-state index contributed by atoms with van der Waals surface area (Å²) in [4.78, 5) is 19.3. The van der Waals surface area contributed by atoms with E-state index in [-0.39, 0.29) is 5.91 Å². The molecule has 7 nitrogen and oxygen atoms in total. The third-order valence-corrected chi connectivity index (χ3v) is 6.22. The van der Waals surface area contributed by atoms with Crippen LogP contribution in [0.1, 0.15) is 48.0 Å². The van der Waals surface area contributed by atoms with Crippen LogP contribution in [0.3, 0.4) is 0 Å². The first-order valence-corrected chi connectivity index (χ1v) is 11.3. The van der Waals surface area contributed by atoms with Crippen molar-refractivity contribution in [2.24, 2.45) is 0 Å². The zero-order chi connectivity index (χ0) is 21.5. The van der Waals surface area contributed by atoms with E-state index in [1.54, 1.807) is 18.5 Å². The molecule has 166 valence electrons. The average molecular weight is 425 g/mol.